The van der Waals surface area contributed by atoms with Gasteiger partial charge in [-0.15, -0.1) is 0 Å². The maximum atomic E-state index is 12.0. The van der Waals surface area contributed by atoms with Crippen LogP contribution in [0.5, 0.6) is 0 Å². The fourth-order valence-electron chi connectivity index (χ4n) is 3.74. The lowest BCUT2D eigenvalue weighted by Crippen LogP contribution is -2.36. The number of ether oxygens (including phenoxy) is 1. The smallest absolute Gasteiger partial charge is 0.325 e. The third-order valence-electron chi connectivity index (χ3n) is 5.25. The molecule has 144 valence electrons. The fraction of sp³-hybridized carbons (Fsp3) is 0.722. The first kappa shape index (κ1) is 18.8. The molecular formula is C18H28N4O4. The summed E-state index contributed by atoms with van der Waals surface area (Å²) in [5.41, 5.74) is -0.185. The van der Waals surface area contributed by atoms with Crippen LogP contribution in [0.1, 0.15) is 44.2 Å². The Kier molecular flexibility index (Phi) is 6.62. The van der Waals surface area contributed by atoms with Gasteiger partial charge in [-0.3, -0.25) is 19.5 Å². The van der Waals surface area contributed by atoms with Crippen molar-refractivity contribution in [3.05, 3.63) is 32.6 Å². The SMILES string of the molecule is O=C(CCC1CCN(Cc2cc(=O)[nH]c(=O)[nH]2)CC1)NCC1CCCO1. The van der Waals surface area contributed by atoms with Crippen molar-refractivity contribution in [2.75, 3.05) is 26.2 Å². The molecule has 0 bridgehead atoms. The van der Waals surface area contributed by atoms with E-state index in [0.29, 0.717) is 31.1 Å². The number of likely N-dealkylation sites (tertiary alicyclic amines) is 1. The number of carbonyl (C=O) groups is 1. The molecule has 3 rings (SSSR count). The van der Waals surface area contributed by atoms with E-state index in [4.69, 9.17) is 4.74 Å². The van der Waals surface area contributed by atoms with Gasteiger partial charge in [-0.2, -0.15) is 0 Å². The van der Waals surface area contributed by atoms with E-state index >= 15 is 0 Å². The van der Waals surface area contributed by atoms with Gasteiger partial charge in [-0.1, -0.05) is 0 Å². The van der Waals surface area contributed by atoms with Crippen molar-refractivity contribution in [2.24, 2.45) is 5.92 Å². The molecule has 2 aliphatic rings. The summed E-state index contributed by atoms with van der Waals surface area (Å²) in [7, 11) is 0. The standard InChI is InChI=1S/C18H28N4O4/c23-16(19-11-15-2-1-9-26-15)4-3-13-5-7-22(8-6-13)12-14-10-17(24)21-18(25)20-14/h10,13,15H,1-9,11-12H2,(H,19,23)(H2,20,21,24,25). The summed E-state index contributed by atoms with van der Waals surface area (Å²) in [6.45, 7) is 3.85. The molecular weight excluding hydrogens is 336 g/mol. The number of rotatable bonds is 7. The van der Waals surface area contributed by atoms with Crippen LogP contribution < -0.4 is 16.6 Å². The summed E-state index contributed by atoms with van der Waals surface area (Å²) >= 11 is 0. The van der Waals surface area contributed by atoms with Gasteiger partial charge in [-0.05, 0) is 51.1 Å². The molecule has 0 spiro atoms. The topological polar surface area (TPSA) is 107 Å². The van der Waals surface area contributed by atoms with Crippen molar-refractivity contribution in [1.29, 1.82) is 0 Å². The average molecular weight is 364 g/mol. The highest BCUT2D eigenvalue weighted by molar-refractivity contribution is 5.75. The second-order valence-electron chi connectivity index (χ2n) is 7.31. The van der Waals surface area contributed by atoms with E-state index in [1.54, 1.807) is 0 Å². The maximum Gasteiger partial charge on any atom is 0.325 e. The predicted molar refractivity (Wildman–Crippen MR) is 96.9 cm³/mol. The van der Waals surface area contributed by atoms with Crippen molar-refractivity contribution in [2.45, 2.75) is 51.2 Å². The minimum Gasteiger partial charge on any atom is -0.376 e. The van der Waals surface area contributed by atoms with Gasteiger partial charge in [0.05, 0.1) is 6.10 Å². The molecule has 2 aliphatic heterocycles. The minimum absolute atomic E-state index is 0.115. The Morgan fingerprint density at radius 3 is 2.73 bits per heavy atom. The maximum absolute atomic E-state index is 12.0. The van der Waals surface area contributed by atoms with E-state index in [9.17, 15) is 14.4 Å². The number of hydrogen-bond donors (Lipinski definition) is 3. The Morgan fingerprint density at radius 1 is 1.23 bits per heavy atom. The van der Waals surface area contributed by atoms with Gasteiger partial charge in [0.1, 0.15) is 0 Å². The monoisotopic (exact) mass is 364 g/mol. The molecule has 3 heterocycles. The highest BCUT2D eigenvalue weighted by Gasteiger charge is 2.21. The number of aromatic amines is 2. The van der Waals surface area contributed by atoms with Gasteiger partial charge < -0.3 is 15.0 Å². The molecule has 8 nitrogen and oxygen atoms in total. The zero-order chi connectivity index (χ0) is 18.4. The fourth-order valence-corrected chi connectivity index (χ4v) is 3.74. The molecule has 1 atom stereocenters. The summed E-state index contributed by atoms with van der Waals surface area (Å²) in [5.74, 6) is 0.668. The summed E-state index contributed by atoms with van der Waals surface area (Å²) in [5, 5.41) is 2.98. The molecule has 1 unspecified atom stereocenters. The van der Waals surface area contributed by atoms with Crippen LogP contribution in [0.15, 0.2) is 15.7 Å². The predicted octanol–water partition coefficient (Wildman–Crippen LogP) is 0.351. The molecule has 1 amide bonds. The van der Waals surface area contributed by atoms with E-state index < -0.39 is 5.69 Å². The summed E-state index contributed by atoms with van der Waals surface area (Å²) in [4.78, 5) is 41.7. The molecule has 0 aliphatic carbocycles. The second-order valence-corrected chi connectivity index (χ2v) is 7.31. The van der Waals surface area contributed by atoms with Crippen LogP contribution >= 0.6 is 0 Å². The van der Waals surface area contributed by atoms with Crippen LogP contribution in [0.25, 0.3) is 0 Å². The quantitative estimate of drug-likeness (QED) is 0.647. The number of H-pyrrole nitrogens is 2. The third-order valence-corrected chi connectivity index (χ3v) is 5.25. The van der Waals surface area contributed by atoms with E-state index in [1.807, 2.05) is 0 Å². The van der Waals surface area contributed by atoms with Crippen LogP contribution in [0, 0.1) is 5.92 Å². The van der Waals surface area contributed by atoms with Crippen molar-refractivity contribution in [3.63, 3.8) is 0 Å². The van der Waals surface area contributed by atoms with Crippen molar-refractivity contribution >= 4 is 5.91 Å². The lowest BCUT2D eigenvalue weighted by molar-refractivity contribution is -0.122. The van der Waals surface area contributed by atoms with Crippen LogP contribution in [0.2, 0.25) is 0 Å². The van der Waals surface area contributed by atoms with E-state index in [0.717, 1.165) is 51.8 Å². The zero-order valence-corrected chi connectivity index (χ0v) is 15.1. The largest absolute Gasteiger partial charge is 0.376 e. The molecule has 2 saturated heterocycles. The lowest BCUT2D eigenvalue weighted by Gasteiger charge is -2.31. The number of amides is 1. The molecule has 1 aromatic rings. The van der Waals surface area contributed by atoms with Crippen LogP contribution in [-0.4, -0.2) is 53.1 Å². The summed E-state index contributed by atoms with van der Waals surface area (Å²) < 4.78 is 5.51. The van der Waals surface area contributed by atoms with Crippen LogP contribution in [0.3, 0.4) is 0 Å². The molecule has 26 heavy (non-hydrogen) atoms. The number of nitrogens with one attached hydrogen (secondary N) is 3. The van der Waals surface area contributed by atoms with E-state index in [-0.39, 0.29) is 17.6 Å². The molecule has 2 fully saturated rings. The van der Waals surface area contributed by atoms with E-state index in [1.165, 1.54) is 6.07 Å². The first-order valence-corrected chi connectivity index (χ1v) is 9.51. The first-order valence-electron chi connectivity index (χ1n) is 9.51. The lowest BCUT2D eigenvalue weighted by atomic mass is 9.92. The highest BCUT2D eigenvalue weighted by Crippen LogP contribution is 2.22. The molecule has 1 aromatic heterocycles. The first-order chi connectivity index (χ1) is 12.6. The highest BCUT2D eigenvalue weighted by atomic mass is 16.5. The van der Waals surface area contributed by atoms with E-state index in [2.05, 4.69) is 20.2 Å². The Bertz CT molecular complexity index is 671. The third kappa shape index (κ3) is 5.81. The minimum atomic E-state index is -0.462. The Labute approximate surface area is 152 Å². The van der Waals surface area contributed by atoms with Gasteiger partial charge in [0, 0.05) is 37.9 Å². The Morgan fingerprint density at radius 2 is 2.04 bits per heavy atom. The average Bonchev–Trinajstić information content (AvgIpc) is 3.12. The summed E-state index contributed by atoms with van der Waals surface area (Å²) in [6.07, 6.45) is 5.87. The Balaban J connectivity index is 1.33. The molecule has 3 N–H and O–H groups in total. The molecule has 0 radical (unpaired) electrons. The molecule has 8 heteroatoms. The number of hydrogen-bond acceptors (Lipinski definition) is 5. The van der Waals surface area contributed by atoms with Gasteiger partial charge in [-0.25, -0.2) is 4.79 Å². The normalized spacial score (nSPS) is 21.8. The zero-order valence-electron chi connectivity index (χ0n) is 15.1. The van der Waals surface area contributed by atoms with Crippen molar-refractivity contribution in [3.8, 4) is 0 Å². The van der Waals surface area contributed by atoms with Gasteiger partial charge in [0.25, 0.3) is 5.56 Å². The van der Waals surface area contributed by atoms with Gasteiger partial charge in [0.15, 0.2) is 0 Å². The number of carbonyl (C=O) groups excluding carboxylic acids is 1. The number of nitrogens with zero attached hydrogens (tertiary/aromatic N) is 1. The second kappa shape index (κ2) is 9.14. The molecule has 0 aromatic carbocycles. The van der Waals surface area contributed by atoms with Crippen LogP contribution in [0.4, 0.5) is 0 Å². The van der Waals surface area contributed by atoms with Gasteiger partial charge in [0.2, 0.25) is 5.91 Å². The van der Waals surface area contributed by atoms with Crippen LogP contribution in [-0.2, 0) is 16.1 Å². The summed E-state index contributed by atoms with van der Waals surface area (Å²) in [6, 6.07) is 1.44. The molecule has 0 saturated carbocycles. The number of aromatic nitrogens is 2. The Hall–Kier alpha value is -1.93. The van der Waals surface area contributed by atoms with Gasteiger partial charge >= 0.3 is 5.69 Å². The number of piperidine rings is 1. The van der Waals surface area contributed by atoms with Crippen molar-refractivity contribution < 1.29 is 9.53 Å². The van der Waals surface area contributed by atoms with Crippen molar-refractivity contribution in [1.82, 2.24) is 20.2 Å².